The first-order valence-electron chi connectivity index (χ1n) is 5.80. The monoisotopic (exact) mass is 256 g/mol. The Labute approximate surface area is 108 Å². The number of methoxy groups -OCH3 is 1. The minimum atomic E-state index is -0.151. The van der Waals surface area contributed by atoms with Crippen LogP contribution in [0.5, 0.6) is 5.75 Å². The van der Waals surface area contributed by atoms with Crippen molar-refractivity contribution < 1.29 is 4.74 Å². The Balaban J connectivity index is 1.95. The van der Waals surface area contributed by atoms with Gasteiger partial charge in [-0.05, 0) is 17.7 Å². The summed E-state index contributed by atoms with van der Waals surface area (Å²) >= 11 is 0. The number of rotatable bonds is 3. The third-order valence-corrected chi connectivity index (χ3v) is 2.95. The topological polar surface area (TPSA) is 72.8 Å². The molecule has 0 atom stereocenters. The Morgan fingerprint density at radius 3 is 2.79 bits per heavy atom. The SMILES string of the molecule is COc1ccc(Cn2ncc3[nH]ncc3c2=O)cc1. The van der Waals surface area contributed by atoms with Gasteiger partial charge in [-0.3, -0.25) is 9.89 Å². The van der Waals surface area contributed by atoms with Crippen molar-refractivity contribution in [1.29, 1.82) is 0 Å². The highest BCUT2D eigenvalue weighted by Gasteiger charge is 2.06. The highest BCUT2D eigenvalue weighted by atomic mass is 16.5. The summed E-state index contributed by atoms with van der Waals surface area (Å²) in [6.45, 7) is 0.421. The lowest BCUT2D eigenvalue weighted by molar-refractivity contribution is 0.414. The van der Waals surface area contributed by atoms with Gasteiger partial charge in [0.05, 0.1) is 37.0 Å². The molecule has 1 aromatic carbocycles. The average molecular weight is 256 g/mol. The Morgan fingerprint density at radius 1 is 1.26 bits per heavy atom. The third-order valence-electron chi connectivity index (χ3n) is 2.95. The number of aromatic nitrogens is 4. The molecule has 0 bridgehead atoms. The lowest BCUT2D eigenvalue weighted by Gasteiger charge is -2.05. The van der Waals surface area contributed by atoms with Crippen molar-refractivity contribution in [3.05, 3.63) is 52.6 Å². The molecule has 0 aliphatic heterocycles. The average Bonchev–Trinajstić information content (AvgIpc) is 2.92. The Kier molecular flexibility index (Phi) is 2.75. The molecule has 96 valence electrons. The van der Waals surface area contributed by atoms with Gasteiger partial charge in [-0.1, -0.05) is 12.1 Å². The van der Waals surface area contributed by atoms with E-state index in [1.54, 1.807) is 13.3 Å². The molecule has 0 aliphatic rings. The molecule has 6 heteroatoms. The summed E-state index contributed by atoms with van der Waals surface area (Å²) in [6, 6.07) is 7.53. The highest BCUT2D eigenvalue weighted by molar-refractivity contribution is 5.75. The fourth-order valence-corrected chi connectivity index (χ4v) is 1.90. The van der Waals surface area contributed by atoms with Crippen LogP contribution in [0.3, 0.4) is 0 Å². The maximum absolute atomic E-state index is 12.1. The number of benzene rings is 1. The fraction of sp³-hybridized carbons (Fsp3) is 0.154. The fourth-order valence-electron chi connectivity index (χ4n) is 1.90. The van der Waals surface area contributed by atoms with E-state index in [0.29, 0.717) is 17.4 Å². The molecule has 1 N–H and O–H groups in total. The van der Waals surface area contributed by atoms with E-state index in [2.05, 4.69) is 15.3 Å². The van der Waals surface area contributed by atoms with E-state index in [9.17, 15) is 4.79 Å². The number of H-pyrrole nitrogens is 1. The van der Waals surface area contributed by atoms with Crippen LogP contribution in [0, 0.1) is 0 Å². The van der Waals surface area contributed by atoms with E-state index in [1.807, 2.05) is 24.3 Å². The van der Waals surface area contributed by atoms with E-state index in [0.717, 1.165) is 11.3 Å². The van der Waals surface area contributed by atoms with Gasteiger partial charge in [0.25, 0.3) is 5.56 Å². The van der Waals surface area contributed by atoms with Gasteiger partial charge in [0.15, 0.2) is 0 Å². The zero-order chi connectivity index (χ0) is 13.2. The molecule has 6 nitrogen and oxygen atoms in total. The van der Waals surface area contributed by atoms with Crippen LogP contribution in [0.1, 0.15) is 5.56 Å². The molecule has 3 rings (SSSR count). The molecule has 0 aliphatic carbocycles. The maximum atomic E-state index is 12.1. The van der Waals surface area contributed by atoms with E-state index < -0.39 is 0 Å². The van der Waals surface area contributed by atoms with Gasteiger partial charge >= 0.3 is 0 Å². The van der Waals surface area contributed by atoms with Crippen molar-refractivity contribution in [2.75, 3.05) is 7.11 Å². The number of fused-ring (bicyclic) bond motifs is 1. The Morgan fingerprint density at radius 2 is 2.05 bits per heavy atom. The van der Waals surface area contributed by atoms with E-state index in [-0.39, 0.29) is 5.56 Å². The van der Waals surface area contributed by atoms with E-state index >= 15 is 0 Å². The van der Waals surface area contributed by atoms with Crippen LogP contribution >= 0.6 is 0 Å². The number of nitrogens with zero attached hydrogens (tertiary/aromatic N) is 3. The predicted octanol–water partition coefficient (Wildman–Crippen LogP) is 1.18. The predicted molar refractivity (Wildman–Crippen MR) is 70.2 cm³/mol. The maximum Gasteiger partial charge on any atom is 0.278 e. The van der Waals surface area contributed by atoms with Crippen LogP contribution in [0.15, 0.2) is 41.5 Å². The number of hydrogen-bond donors (Lipinski definition) is 1. The Hall–Kier alpha value is -2.63. The zero-order valence-electron chi connectivity index (χ0n) is 10.3. The highest BCUT2D eigenvalue weighted by Crippen LogP contribution is 2.12. The molecular weight excluding hydrogens is 244 g/mol. The lowest BCUT2D eigenvalue weighted by atomic mass is 10.2. The molecule has 3 aromatic rings. The number of hydrogen-bond acceptors (Lipinski definition) is 4. The van der Waals surface area contributed by atoms with Crippen LogP contribution in [0.4, 0.5) is 0 Å². The van der Waals surface area contributed by atoms with Crippen molar-refractivity contribution in [2.24, 2.45) is 0 Å². The quantitative estimate of drug-likeness (QED) is 0.763. The molecular formula is C13H12N4O2. The summed E-state index contributed by atoms with van der Waals surface area (Å²) in [6.07, 6.45) is 3.12. The first-order valence-corrected chi connectivity index (χ1v) is 5.80. The minimum absolute atomic E-state index is 0.151. The molecule has 2 aromatic heterocycles. The number of ether oxygens (including phenoxy) is 1. The molecule has 0 unspecified atom stereocenters. The summed E-state index contributed by atoms with van der Waals surface area (Å²) < 4.78 is 6.51. The van der Waals surface area contributed by atoms with Crippen LogP contribution in [-0.4, -0.2) is 27.1 Å². The smallest absolute Gasteiger partial charge is 0.278 e. The van der Waals surface area contributed by atoms with Crippen LogP contribution in [0.25, 0.3) is 10.9 Å². The molecule has 0 radical (unpaired) electrons. The molecule has 0 saturated heterocycles. The van der Waals surface area contributed by atoms with Crippen molar-refractivity contribution in [3.8, 4) is 5.75 Å². The second-order valence-electron chi connectivity index (χ2n) is 4.15. The van der Waals surface area contributed by atoms with Gasteiger partial charge < -0.3 is 4.74 Å². The van der Waals surface area contributed by atoms with Crippen LogP contribution in [-0.2, 0) is 6.54 Å². The van der Waals surface area contributed by atoms with Gasteiger partial charge in [-0.25, -0.2) is 4.68 Å². The second-order valence-corrected chi connectivity index (χ2v) is 4.15. The van der Waals surface area contributed by atoms with Crippen molar-refractivity contribution in [2.45, 2.75) is 6.54 Å². The van der Waals surface area contributed by atoms with Crippen molar-refractivity contribution in [3.63, 3.8) is 0 Å². The lowest BCUT2D eigenvalue weighted by Crippen LogP contribution is -2.22. The van der Waals surface area contributed by atoms with Crippen molar-refractivity contribution >= 4 is 10.9 Å². The normalized spacial score (nSPS) is 10.8. The van der Waals surface area contributed by atoms with Gasteiger partial charge in [0.1, 0.15) is 5.75 Å². The van der Waals surface area contributed by atoms with E-state index in [1.165, 1.54) is 10.9 Å². The third kappa shape index (κ3) is 2.08. The largest absolute Gasteiger partial charge is 0.497 e. The van der Waals surface area contributed by atoms with Gasteiger partial charge in [-0.2, -0.15) is 10.2 Å². The minimum Gasteiger partial charge on any atom is -0.497 e. The van der Waals surface area contributed by atoms with Gasteiger partial charge in [0, 0.05) is 0 Å². The summed E-state index contributed by atoms with van der Waals surface area (Å²) in [7, 11) is 1.62. The summed E-state index contributed by atoms with van der Waals surface area (Å²) in [4.78, 5) is 12.1. The summed E-state index contributed by atoms with van der Waals surface area (Å²) in [5.41, 5.74) is 1.48. The number of aromatic amines is 1. The molecule has 19 heavy (non-hydrogen) atoms. The number of nitrogens with one attached hydrogen (secondary N) is 1. The zero-order valence-corrected chi connectivity index (χ0v) is 10.3. The summed E-state index contributed by atoms with van der Waals surface area (Å²) in [5.74, 6) is 0.786. The summed E-state index contributed by atoms with van der Waals surface area (Å²) in [5, 5.41) is 11.2. The van der Waals surface area contributed by atoms with Gasteiger partial charge in [-0.15, -0.1) is 0 Å². The molecule has 0 amide bonds. The standard InChI is InChI=1S/C13H12N4O2/c1-19-10-4-2-9(3-5-10)8-17-13(18)11-6-14-16-12(11)7-15-17/h2-7H,8H2,1H3,(H,14,16). The van der Waals surface area contributed by atoms with Crippen molar-refractivity contribution in [1.82, 2.24) is 20.0 Å². The van der Waals surface area contributed by atoms with E-state index in [4.69, 9.17) is 4.74 Å². The first kappa shape index (κ1) is 11.5. The van der Waals surface area contributed by atoms with Gasteiger partial charge in [0.2, 0.25) is 0 Å². The van der Waals surface area contributed by atoms with Crippen LogP contribution in [0.2, 0.25) is 0 Å². The molecule has 2 heterocycles. The molecule has 0 saturated carbocycles. The molecule has 0 spiro atoms. The first-order chi connectivity index (χ1) is 9.28. The Bertz CT molecular complexity index is 758. The molecule has 0 fully saturated rings. The van der Waals surface area contributed by atoms with Crippen LogP contribution < -0.4 is 10.3 Å². The second kappa shape index (κ2) is 4.56.